The monoisotopic (exact) mass is 457 g/mol. The second-order valence-corrected chi connectivity index (χ2v) is 7.03. The molecule has 0 fully saturated rings. The summed E-state index contributed by atoms with van der Waals surface area (Å²) in [5.41, 5.74) is 1.65. The fourth-order valence-corrected chi connectivity index (χ4v) is 3.17. The van der Waals surface area contributed by atoms with Crippen molar-refractivity contribution in [1.82, 2.24) is 10.0 Å². The first-order chi connectivity index (χ1) is 12.8. The minimum absolute atomic E-state index is 0.308. The largest absolute Gasteiger partial charge is 0.417 e. The van der Waals surface area contributed by atoms with Gasteiger partial charge in [0.05, 0.1) is 11.1 Å². The summed E-state index contributed by atoms with van der Waals surface area (Å²) in [4.78, 5) is 5.32. The molecule has 2 N–H and O–H groups in total. The Kier molecular flexibility index (Phi) is 5.61. The fourth-order valence-electron chi connectivity index (χ4n) is 2.62. The van der Waals surface area contributed by atoms with Crippen molar-refractivity contribution in [3.05, 3.63) is 64.3 Å². The maximum Gasteiger partial charge on any atom is 0.416 e. The molecule has 1 aromatic heterocycles. The Morgan fingerprint density at radius 3 is 2.52 bits per heavy atom. The standard InChI is InChI=1S/C18H15BrF3N3OS/c1-26-25-10-11(15-8-13(19)4-7-16(15)25)9-23-17(27)24-14-5-2-12(3-6-14)18(20,21)22/h2-8,10H,9H2,1H3,(H2,23,24,27). The first kappa shape index (κ1) is 19.5. The van der Waals surface area contributed by atoms with E-state index in [1.54, 1.807) is 11.8 Å². The number of fused-ring (bicyclic) bond motifs is 1. The molecular weight excluding hydrogens is 443 g/mol. The number of anilines is 1. The highest BCUT2D eigenvalue weighted by Gasteiger charge is 2.29. The number of aromatic nitrogens is 1. The zero-order valence-corrected chi connectivity index (χ0v) is 16.5. The predicted molar refractivity (Wildman–Crippen MR) is 107 cm³/mol. The number of rotatable bonds is 4. The molecule has 0 spiro atoms. The van der Waals surface area contributed by atoms with Crippen molar-refractivity contribution in [2.24, 2.45) is 0 Å². The highest BCUT2D eigenvalue weighted by Crippen LogP contribution is 2.30. The van der Waals surface area contributed by atoms with Crippen LogP contribution in [0, 0.1) is 0 Å². The van der Waals surface area contributed by atoms with E-state index >= 15 is 0 Å². The van der Waals surface area contributed by atoms with E-state index in [1.165, 1.54) is 12.1 Å². The molecule has 0 saturated heterocycles. The number of nitrogens with zero attached hydrogens (tertiary/aromatic N) is 1. The molecule has 142 valence electrons. The number of thiocarbonyl (C=S) groups is 1. The van der Waals surface area contributed by atoms with Crippen molar-refractivity contribution >= 4 is 49.9 Å². The molecule has 1 heterocycles. The zero-order chi connectivity index (χ0) is 19.6. The number of hydrogen-bond acceptors (Lipinski definition) is 2. The molecule has 3 aromatic rings. The molecule has 9 heteroatoms. The van der Waals surface area contributed by atoms with Gasteiger partial charge in [-0.3, -0.25) is 0 Å². The minimum Gasteiger partial charge on any atom is -0.417 e. The summed E-state index contributed by atoms with van der Waals surface area (Å²) in [6, 6.07) is 10.5. The normalized spacial score (nSPS) is 11.4. The molecule has 0 radical (unpaired) electrons. The van der Waals surface area contributed by atoms with Crippen LogP contribution in [0.1, 0.15) is 11.1 Å². The van der Waals surface area contributed by atoms with Crippen LogP contribution in [-0.2, 0) is 12.7 Å². The quantitative estimate of drug-likeness (QED) is 0.542. The van der Waals surface area contributed by atoms with Crippen molar-refractivity contribution < 1.29 is 18.0 Å². The summed E-state index contributed by atoms with van der Waals surface area (Å²) in [7, 11) is 1.58. The van der Waals surface area contributed by atoms with E-state index in [0.717, 1.165) is 33.1 Å². The van der Waals surface area contributed by atoms with Crippen molar-refractivity contribution in [3.63, 3.8) is 0 Å². The summed E-state index contributed by atoms with van der Waals surface area (Å²) in [5.74, 6) is 0. The van der Waals surface area contributed by atoms with Gasteiger partial charge in [0.25, 0.3) is 0 Å². The molecule has 0 amide bonds. The maximum atomic E-state index is 12.6. The molecule has 2 aromatic carbocycles. The van der Waals surface area contributed by atoms with Gasteiger partial charge >= 0.3 is 6.18 Å². The summed E-state index contributed by atoms with van der Waals surface area (Å²) in [6.45, 7) is 0.426. The van der Waals surface area contributed by atoms with Gasteiger partial charge < -0.3 is 15.5 Å². The SMILES string of the molecule is COn1cc(CNC(=S)Nc2ccc(C(F)(F)F)cc2)c2cc(Br)ccc21. The van der Waals surface area contributed by atoms with E-state index in [-0.39, 0.29) is 0 Å². The molecule has 27 heavy (non-hydrogen) atoms. The van der Waals surface area contributed by atoms with Gasteiger partial charge in [-0.25, -0.2) is 0 Å². The van der Waals surface area contributed by atoms with Crippen LogP contribution in [0.3, 0.4) is 0 Å². The van der Waals surface area contributed by atoms with Gasteiger partial charge in [-0.05, 0) is 54.7 Å². The molecule has 0 aliphatic carbocycles. The Labute approximate surface area is 167 Å². The molecule has 0 aliphatic rings. The van der Waals surface area contributed by atoms with Gasteiger partial charge in [-0.1, -0.05) is 15.9 Å². The minimum atomic E-state index is -4.36. The van der Waals surface area contributed by atoms with Gasteiger partial charge in [-0.15, -0.1) is 0 Å². The lowest BCUT2D eigenvalue weighted by molar-refractivity contribution is -0.137. The summed E-state index contributed by atoms with van der Waals surface area (Å²) in [5, 5.41) is 7.24. The lowest BCUT2D eigenvalue weighted by Gasteiger charge is -2.11. The molecule has 0 aliphatic heterocycles. The molecule has 0 saturated carbocycles. The highest BCUT2D eigenvalue weighted by molar-refractivity contribution is 9.10. The van der Waals surface area contributed by atoms with Crippen molar-refractivity contribution in [1.29, 1.82) is 0 Å². The van der Waals surface area contributed by atoms with Crippen molar-refractivity contribution in [3.8, 4) is 0 Å². The second-order valence-electron chi connectivity index (χ2n) is 5.71. The van der Waals surface area contributed by atoms with E-state index in [4.69, 9.17) is 17.1 Å². The van der Waals surface area contributed by atoms with Crippen LogP contribution in [0.5, 0.6) is 0 Å². The van der Waals surface area contributed by atoms with Gasteiger partial charge in [0.1, 0.15) is 7.11 Å². The Hall–Kier alpha value is -2.26. The topological polar surface area (TPSA) is 38.2 Å². The van der Waals surface area contributed by atoms with Crippen LogP contribution >= 0.6 is 28.1 Å². The van der Waals surface area contributed by atoms with Crippen molar-refractivity contribution in [2.75, 3.05) is 12.4 Å². The lowest BCUT2D eigenvalue weighted by Crippen LogP contribution is -2.27. The first-order valence-electron chi connectivity index (χ1n) is 7.84. The third-order valence-corrected chi connectivity index (χ3v) is 4.66. The highest BCUT2D eigenvalue weighted by atomic mass is 79.9. The number of hydrogen-bond donors (Lipinski definition) is 2. The van der Waals surface area contributed by atoms with Crippen LogP contribution in [0.4, 0.5) is 18.9 Å². The molecule has 0 bridgehead atoms. The number of nitrogens with one attached hydrogen (secondary N) is 2. The van der Waals surface area contributed by atoms with Crippen LogP contribution in [0.15, 0.2) is 53.1 Å². The number of benzene rings is 2. The zero-order valence-electron chi connectivity index (χ0n) is 14.1. The van der Waals surface area contributed by atoms with E-state index in [2.05, 4.69) is 26.6 Å². The van der Waals surface area contributed by atoms with E-state index in [1.807, 2.05) is 24.4 Å². The predicted octanol–water partition coefficient (Wildman–Crippen LogP) is 4.97. The summed E-state index contributed by atoms with van der Waals surface area (Å²) in [6.07, 6.45) is -2.51. The molecule has 0 atom stereocenters. The van der Waals surface area contributed by atoms with Gasteiger partial charge in [0.2, 0.25) is 0 Å². The third-order valence-electron chi connectivity index (χ3n) is 3.92. The van der Waals surface area contributed by atoms with Crippen LogP contribution in [0.2, 0.25) is 0 Å². The summed E-state index contributed by atoms with van der Waals surface area (Å²) < 4.78 is 40.4. The van der Waals surface area contributed by atoms with Crippen LogP contribution in [0.25, 0.3) is 10.9 Å². The van der Waals surface area contributed by atoms with E-state index < -0.39 is 11.7 Å². The number of halogens is 4. The molecule has 0 unspecified atom stereocenters. The average Bonchev–Trinajstić information content (AvgIpc) is 2.96. The van der Waals surface area contributed by atoms with Crippen LogP contribution in [-0.4, -0.2) is 17.0 Å². The van der Waals surface area contributed by atoms with Gasteiger partial charge in [-0.2, -0.15) is 17.9 Å². The molecular formula is C18H15BrF3N3OS. The Bertz CT molecular complexity index is 970. The second kappa shape index (κ2) is 7.77. The van der Waals surface area contributed by atoms with E-state index in [9.17, 15) is 13.2 Å². The smallest absolute Gasteiger partial charge is 0.416 e. The molecule has 3 rings (SSSR count). The van der Waals surface area contributed by atoms with E-state index in [0.29, 0.717) is 17.3 Å². The maximum absolute atomic E-state index is 12.6. The van der Waals surface area contributed by atoms with Crippen molar-refractivity contribution in [2.45, 2.75) is 12.7 Å². The lowest BCUT2D eigenvalue weighted by atomic mass is 10.2. The first-order valence-corrected chi connectivity index (χ1v) is 9.04. The Morgan fingerprint density at radius 1 is 1.19 bits per heavy atom. The molecule has 4 nitrogen and oxygen atoms in total. The van der Waals surface area contributed by atoms with Crippen LogP contribution < -0.4 is 15.5 Å². The third kappa shape index (κ3) is 4.54. The fraction of sp³-hybridized carbons (Fsp3) is 0.167. The van der Waals surface area contributed by atoms with Gasteiger partial charge in [0, 0.05) is 33.9 Å². The van der Waals surface area contributed by atoms with Gasteiger partial charge in [0.15, 0.2) is 5.11 Å². The summed E-state index contributed by atoms with van der Waals surface area (Å²) >= 11 is 8.69. The number of alkyl halides is 3. The Morgan fingerprint density at radius 2 is 1.89 bits per heavy atom. The average molecular weight is 458 g/mol. The Balaban J connectivity index is 1.67.